The van der Waals surface area contributed by atoms with Crippen LogP contribution < -0.4 is 5.32 Å². The van der Waals surface area contributed by atoms with Crippen molar-refractivity contribution in [2.75, 3.05) is 13.1 Å². The lowest BCUT2D eigenvalue weighted by Crippen LogP contribution is -2.28. The van der Waals surface area contributed by atoms with Gasteiger partial charge in [0.2, 0.25) is 15.9 Å². The van der Waals surface area contributed by atoms with Gasteiger partial charge in [0.15, 0.2) is 0 Å². The summed E-state index contributed by atoms with van der Waals surface area (Å²) in [5.74, 6) is -0.116. The van der Waals surface area contributed by atoms with Gasteiger partial charge < -0.3 is 9.73 Å². The first-order valence-corrected chi connectivity index (χ1v) is 12.2. The summed E-state index contributed by atoms with van der Waals surface area (Å²) >= 11 is 0. The van der Waals surface area contributed by atoms with E-state index in [4.69, 9.17) is 4.42 Å². The summed E-state index contributed by atoms with van der Waals surface area (Å²) in [6.45, 7) is 1.50. The average molecular weight is 449 g/mol. The van der Waals surface area contributed by atoms with Crippen molar-refractivity contribution in [2.24, 2.45) is 0 Å². The van der Waals surface area contributed by atoms with Gasteiger partial charge in [-0.25, -0.2) is 8.42 Å². The molecule has 1 aromatic heterocycles. The molecule has 5 rings (SSSR count). The summed E-state index contributed by atoms with van der Waals surface area (Å²) in [5, 5.41) is 6.06. The maximum absolute atomic E-state index is 12.6. The number of carbonyl (C=O) groups excluding carboxylic acids is 1. The minimum absolute atomic E-state index is 0.116. The van der Waals surface area contributed by atoms with Crippen molar-refractivity contribution < 1.29 is 17.6 Å². The molecule has 0 atom stereocenters. The number of rotatable bonds is 6. The van der Waals surface area contributed by atoms with Gasteiger partial charge in [-0.05, 0) is 47.4 Å². The SMILES string of the molecule is O=C(Cc1coc2ccc3ccccc3c12)NCc1ccc(S(=O)(=O)N2CCCC2)cc1. The van der Waals surface area contributed by atoms with Crippen LogP contribution in [0, 0.1) is 0 Å². The number of hydrogen-bond acceptors (Lipinski definition) is 4. The van der Waals surface area contributed by atoms with Gasteiger partial charge in [0.25, 0.3) is 0 Å². The third-order valence-electron chi connectivity index (χ3n) is 6.01. The van der Waals surface area contributed by atoms with Crippen LogP contribution in [0.2, 0.25) is 0 Å². The van der Waals surface area contributed by atoms with Crippen LogP contribution in [0.3, 0.4) is 0 Å². The number of carbonyl (C=O) groups is 1. The van der Waals surface area contributed by atoms with Gasteiger partial charge in [-0.3, -0.25) is 4.79 Å². The van der Waals surface area contributed by atoms with E-state index in [9.17, 15) is 13.2 Å². The van der Waals surface area contributed by atoms with Crippen molar-refractivity contribution in [3.8, 4) is 0 Å². The highest BCUT2D eigenvalue weighted by Crippen LogP contribution is 2.30. The fraction of sp³-hybridized carbons (Fsp3) is 0.240. The van der Waals surface area contributed by atoms with Crippen molar-refractivity contribution in [1.29, 1.82) is 0 Å². The predicted octanol–water partition coefficient (Wildman–Crippen LogP) is 4.23. The number of hydrogen-bond donors (Lipinski definition) is 1. The number of fused-ring (bicyclic) bond motifs is 3. The Morgan fingerprint density at radius 2 is 1.72 bits per heavy atom. The van der Waals surface area contributed by atoms with Gasteiger partial charge >= 0.3 is 0 Å². The molecule has 1 amide bonds. The predicted molar refractivity (Wildman–Crippen MR) is 124 cm³/mol. The lowest BCUT2D eigenvalue weighted by molar-refractivity contribution is -0.120. The van der Waals surface area contributed by atoms with E-state index in [-0.39, 0.29) is 12.3 Å². The summed E-state index contributed by atoms with van der Waals surface area (Å²) in [6.07, 6.45) is 3.67. The van der Waals surface area contributed by atoms with Crippen LogP contribution in [-0.2, 0) is 27.8 Å². The summed E-state index contributed by atoms with van der Waals surface area (Å²) < 4.78 is 32.5. The molecule has 4 aromatic rings. The standard InChI is InChI=1S/C25H24N2O4S/c28-24(15-20-17-31-23-12-9-19-5-1-2-6-22(19)25(20)23)26-16-18-7-10-21(11-8-18)32(29,30)27-13-3-4-14-27/h1-2,5-12,17H,3-4,13-16H2,(H,26,28). The molecule has 32 heavy (non-hydrogen) atoms. The van der Waals surface area contributed by atoms with E-state index < -0.39 is 10.0 Å². The summed E-state index contributed by atoms with van der Waals surface area (Å²) in [5.41, 5.74) is 2.46. The Hall–Kier alpha value is -3.16. The fourth-order valence-corrected chi connectivity index (χ4v) is 5.81. The van der Waals surface area contributed by atoms with Crippen molar-refractivity contribution in [1.82, 2.24) is 9.62 Å². The molecular weight excluding hydrogens is 424 g/mol. The van der Waals surface area contributed by atoms with Crippen LogP contribution >= 0.6 is 0 Å². The van der Waals surface area contributed by atoms with Crippen LogP contribution in [0.5, 0.6) is 0 Å². The highest BCUT2D eigenvalue weighted by molar-refractivity contribution is 7.89. The second-order valence-electron chi connectivity index (χ2n) is 8.13. The molecule has 0 spiro atoms. The van der Waals surface area contributed by atoms with E-state index in [1.54, 1.807) is 30.5 Å². The van der Waals surface area contributed by atoms with E-state index in [1.807, 2.05) is 36.4 Å². The number of furan rings is 1. The molecule has 164 valence electrons. The Morgan fingerprint density at radius 1 is 0.969 bits per heavy atom. The van der Waals surface area contributed by atoms with E-state index in [1.165, 1.54) is 4.31 Å². The maximum Gasteiger partial charge on any atom is 0.243 e. The molecule has 3 aromatic carbocycles. The summed E-state index contributed by atoms with van der Waals surface area (Å²) in [6, 6.07) is 18.7. The lowest BCUT2D eigenvalue weighted by Gasteiger charge is -2.15. The molecule has 1 saturated heterocycles. The first kappa shape index (κ1) is 20.7. The van der Waals surface area contributed by atoms with E-state index >= 15 is 0 Å². The second kappa shape index (κ2) is 8.41. The van der Waals surface area contributed by atoms with Gasteiger partial charge in [-0.15, -0.1) is 0 Å². The molecule has 0 radical (unpaired) electrons. The fourth-order valence-electron chi connectivity index (χ4n) is 4.30. The Bertz CT molecular complexity index is 1380. The zero-order valence-corrected chi connectivity index (χ0v) is 18.4. The van der Waals surface area contributed by atoms with Gasteiger partial charge in [-0.1, -0.05) is 42.5 Å². The minimum atomic E-state index is -3.42. The molecule has 2 heterocycles. The van der Waals surface area contributed by atoms with Crippen LogP contribution in [0.1, 0.15) is 24.0 Å². The Balaban J connectivity index is 1.26. The third kappa shape index (κ3) is 3.89. The smallest absolute Gasteiger partial charge is 0.243 e. The lowest BCUT2D eigenvalue weighted by atomic mass is 10.0. The van der Waals surface area contributed by atoms with Crippen molar-refractivity contribution >= 4 is 37.7 Å². The topological polar surface area (TPSA) is 79.6 Å². The van der Waals surface area contributed by atoms with Crippen LogP contribution in [0.4, 0.5) is 0 Å². The summed E-state index contributed by atoms with van der Waals surface area (Å²) in [4.78, 5) is 12.9. The first-order chi connectivity index (χ1) is 15.5. The van der Waals surface area contributed by atoms with Gasteiger partial charge in [0.05, 0.1) is 17.6 Å². The monoisotopic (exact) mass is 448 g/mol. The number of nitrogens with zero attached hydrogens (tertiary/aromatic N) is 1. The van der Waals surface area contributed by atoms with E-state index in [0.29, 0.717) is 24.5 Å². The summed E-state index contributed by atoms with van der Waals surface area (Å²) in [7, 11) is -3.42. The van der Waals surface area contributed by atoms with Gasteiger partial charge in [-0.2, -0.15) is 4.31 Å². The molecule has 6 nitrogen and oxygen atoms in total. The van der Waals surface area contributed by atoms with E-state index in [0.717, 1.165) is 45.7 Å². The van der Waals surface area contributed by atoms with Gasteiger partial charge in [0.1, 0.15) is 5.58 Å². The molecule has 0 aliphatic carbocycles. The molecular formula is C25H24N2O4S. The van der Waals surface area contributed by atoms with Crippen LogP contribution in [0.25, 0.3) is 21.7 Å². The molecule has 0 bridgehead atoms. The van der Waals surface area contributed by atoms with Crippen molar-refractivity contribution in [3.05, 3.63) is 78.1 Å². The van der Waals surface area contributed by atoms with Crippen LogP contribution in [-0.4, -0.2) is 31.7 Å². The van der Waals surface area contributed by atoms with Crippen LogP contribution in [0.15, 0.2) is 76.2 Å². The Labute approximate surface area is 186 Å². The average Bonchev–Trinajstić information content (AvgIpc) is 3.49. The molecule has 1 N–H and O–H groups in total. The second-order valence-corrected chi connectivity index (χ2v) is 10.1. The highest BCUT2D eigenvalue weighted by atomic mass is 32.2. The normalized spacial score (nSPS) is 14.9. The highest BCUT2D eigenvalue weighted by Gasteiger charge is 2.26. The minimum Gasteiger partial charge on any atom is -0.464 e. The number of sulfonamides is 1. The third-order valence-corrected chi connectivity index (χ3v) is 7.92. The molecule has 0 saturated carbocycles. The largest absolute Gasteiger partial charge is 0.464 e. The number of nitrogens with one attached hydrogen (secondary N) is 1. The molecule has 1 aliphatic heterocycles. The Morgan fingerprint density at radius 3 is 2.50 bits per heavy atom. The Kier molecular flexibility index (Phi) is 5.45. The van der Waals surface area contributed by atoms with Crippen molar-refractivity contribution in [2.45, 2.75) is 30.7 Å². The quantitative estimate of drug-likeness (QED) is 0.479. The molecule has 0 unspecified atom stereocenters. The zero-order valence-electron chi connectivity index (χ0n) is 17.6. The molecule has 1 aliphatic rings. The van der Waals surface area contributed by atoms with Crippen molar-refractivity contribution in [3.63, 3.8) is 0 Å². The molecule has 1 fully saturated rings. The molecule has 7 heteroatoms. The van der Waals surface area contributed by atoms with Gasteiger partial charge in [0, 0.05) is 30.6 Å². The number of amides is 1. The maximum atomic E-state index is 12.6. The first-order valence-electron chi connectivity index (χ1n) is 10.8. The zero-order chi connectivity index (χ0) is 22.1. The number of benzene rings is 3. The van der Waals surface area contributed by atoms with E-state index in [2.05, 4.69) is 5.32 Å².